The summed E-state index contributed by atoms with van der Waals surface area (Å²) in [6.07, 6.45) is 14.2. The summed E-state index contributed by atoms with van der Waals surface area (Å²) >= 11 is 0. The molecule has 0 radical (unpaired) electrons. The maximum absolute atomic E-state index is 10.3. The third-order valence-corrected chi connectivity index (χ3v) is 10.8. The summed E-state index contributed by atoms with van der Waals surface area (Å²) in [5.74, 6) is 6.38. The van der Waals surface area contributed by atoms with Crippen LogP contribution in [0.3, 0.4) is 0 Å². The maximum Gasteiger partial charge on any atom is 0.0952 e. The highest BCUT2D eigenvalue weighted by Gasteiger charge is 2.63. The van der Waals surface area contributed by atoms with Gasteiger partial charge in [0.1, 0.15) is 0 Å². The van der Waals surface area contributed by atoms with E-state index >= 15 is 0 Å². The van der Waals surface area contributed by atoms with Crippen LogP contribution in [-0.2, 0) is 4.74 Å². The molecule has 1 aliphatic heterocycles. The second-order valence-corrected chi connectivity index (χ2v) is 12.3. The van der Waals surface area contributed by atoms with Gasteiger partial charge in [-0.25, -0.2) is 0 Å². The number of allylic oxidation sites excluding steroid dienone is 2. The SMILES string of the molecule is CC1=C(CCC(C)C)OC[C@]23CC[C@H]4[C@@H](CCC5C[C@@H](O)CC[C@@]54C)[C@@H]2CC[C@H]13. The van der Waals surface area contributed by atoms with Crippen LogP contribution in [0.2, 0.25) is 0 Å². The van der Waals surface area contributed by atoms with Crippen LogP contribution in [0.25, 0.3) is 0 Å². The van der Waals surface area contributed by atoms with E-state index in [9.17, 15) is 5.11 Å². The van der Waals surface area contributed by atoms with Crippen molar-refractivity contribution >= 4 is 0 Å². The van der Waals surface area contributed by atoms with E-state index in [0.717, 1.165) is 61.4 Å². The van der Waals surface area contributed by atoms with Crippen LogP contribution in [0, 0.1) is 46.3 Å². The molecule has 29 heavy (non-hydrogen) atoms. The van der Waals surface area contributed by atoms with Crippen LogP contribution in [0.4, 0.5) is 0 Å². The van der Waals surface area contributed by atoms with Crippen LogP contribution in [0.1, 0.15) is 98.3 Å². The Labute approximate surface area is 178 Å². The first kappa shape index (κ1) is 20.4. The molecule has 0 bridgehead atoms. The summed E-state index contributed by atoms with van der Waals surface area (Å²) in [4.78, 5) is 0. The largest absolute Gasteiger partial charge is 0.497 e. The van der Waals surface area contributed by atoms with Crippen LogP contribution in [-0.4, -0.2) is 17.8 Å². The Hall–Kier alpha value is -0.500. The minimum Gasteiger partial charge on any atom is -0.497 e. The monoisotopic (exact) mass is 400 g/mol. The van der Waals surface area contributed by atoms with Gasteiger partial charge >= 0.3 is 0 Å². The highest BCUT2D eigenvalue weighted by molar-refractivity contribution is 5.23. The third kappa shape index (κ3) is 3.06. The molecule has 0 aromatic heterocycles. The second-order valence-electron chi connectivity index (χ2n) is 12.3. The lowest BCUT2D eigenvalue weighted by molar-refractivity contribution is -0.143. The molecule has 2 nitrogen and oxygen atoms in total. The van der Waals surface area contributed by atoms with E-state index in [1.807, 2.05) is 0 Å². The topological polar surface area (TPSA) is 29.5 Å². The molecule has 0 amide bonds. The van der Waals surface area contributed by atoms with Gasteiger partial charge in [0.25, 0.3) is 0 Å². The smallest absolute Gasteiger partial charge is 0.0952 e. The molecule has 0 aromatic rings. The summed E-state index contributed by atoms with van der Waals surface area (Å²) in [7, 11) is 0. The fourth-order valence-corrected chi connectivity index (χ4v) is 9.19. The number of ether oxygens (including phenoxy) is 1. The van der Waals surface area contributed by atoms with E-state index < -0.39 is 0 Å². The van der Waals surface area contributed by atoms with E-state index in [2.05, 4.69) is 27.7 Å². The standard InChI is InChI=1S/C27H44O2/c1-17(2)5-10-25-18(3)22-8-9-24-21-7-6-19-15-20(28)11-13-26(19,4)23(21)12-14-27(22,24)16-29-25/h17,19-24,28H,5-16H2,1-4H3/t19?,20-,21+,22+,23-,24-,26-,27-/m0/s1. The Bertz CT molecular complexity index is 665. The molecule has 8 atom stereocenters. The normalized spacial score (nSPS) is 49.2. The predicted molar refractivity (Wildman–Crippen MR) is 118 cm³/mol. The molecule has 1 spiro atoms. The molecule has 1 heterocycles. The van der Waals surface area contributed by atoms with E-state index in [4.69, 9.17) is 4.74 Å². The van der Waals surface area contributed by atoms with E-state index in [-0.39, 0.29) is 6.10 Å². The zero-order valence-electron chi connectivity index (χ0n) is 19.4. The van der Waals surface area contributed by atoms with Crippen molar-refractivity contribution in [2.24, 2.45) is 46.3 Å². The van der Waals surface area contributed by atoms with Crippen LogP contribution >= 0.6 is 0 Å². The Kier molecular flexibility index (Phi) is 5.12. The Morgan fingerprint density at radius 3 is 2.66 bits per heavy atom. The van der Waals surface area contributed by atoms with Gasteiger partial charge in [0.2, 0.25) is 0 Å². The van der Waals surface area contributed by atoms with Crippen LogP contribution in [0.5, 0.6) is 0 Å². The lowest BCUT2D eigenvalue weighted by atomic mass is 9.44. The van der Waals surface area contributed by atoms with Gasteiger partial charge in [-0.15, -0.1) is 0 Å². The van der Waals surface area contributed by atoms with Gasteiger partial charge in [-0.2, -0.15) is 0 Å². The van der Waals surface area contributed by atoms with Crippen molar-refractivity contribution in [3.05, 3.63) is 11.3 Å². The molecule has 5 aliphatic rings. The molecule has 5 rings (SSSR count). The summed E-state index contributed by atoms with van der Waals surface area (Å²) < 4.78 is 6.59. The van der Waals surface area contributed by atoms with Gasteiger partial charge in [0.15, 0.2) is 0 Å². The minimum atomic E-state index is -0.0285. The summed E-state index contributed by atoms with van der Waals surface area (Å²) in [5, 5.41) is 10.3. The van der Waals surface area contributed by atoms with E-state index in [1.54, 1.807) is 5.57 Å². The molecular weight excluding hydrogens is 356 g/mol. The molecule has 1 N–H and O–H groups in total. The first-order valence-electron chi connectivity index (χ1n) is 12.9. The van der Waals surface area contributed by atoms with Crippen LogP contribution in [0.15, 0.2) is 11.3 Å². The zero-order chi connectivity index (χ0) is 20.4. The number of rotatable bonds is 3. The number of aliphatic hydroxyl groups is 1. The van der Waals surface area contributed by atoms with Crippen molar-refractivity contribution in [1.82, 2.24) is 0 Å². The highest BCUT2D eigenvalue weighted by Crippen LogP contribution is 2.69. The van der Waals surface area contributed by atoms with Crippen molar-refractivity contribution < 1.29 is 9.84 Å². The van der Waals surface area contributed by atoms with Crippen molar-refractivity contribution in [2.45, 2.75) is 104 Å². The van der Waals surface area contributed by atoms with Gasteiger partial charge in [0.05, 0.1) is 18.5 Å². The quantitative estimate of drug-likeness (QED) is 0.569. The third-order valence-electron chi connectivity index (χ3n) is 10.8. The molecule has 0 aromatic carbocycles. The molecule has 4 saturated carbocycles. The molecular formula is C27H44O2. The van der Waals surface area contributed by atoms with Crippen molar-refractivity contribution in [2.75, 3.05) is 6.61 Å². The molecule has 1 unspecified atom stereocenters. The van der Waals surface area contributed by atoms with Gasteiger partial charge in [-0.3, -0.25) is 0 Å². The van der Waals surface area contributed by atoms with Crippen molar-refractivity contribution in [3.8, 4) is 0 Å². The lowest BCUT2D eigenvalue weighted by Gasteiger charge is -2.61. The average Bonchev–Trinajstić information content (AvgIpc) is 3.08. The van der Waals surface area contributed by atoms with Gasteiger partial charge in [-0.1, -0.05) is 20.8 Å². The Morgan fingerprint density at radius 1 is 1.03 bits per heavy atom. The van der Waals surface area contributed by atoms with E-state index in [1.165, 1.54) is 57.1 Å². The summed E-state index contributed by atoms with van der Waals surface area (Å²) in [5.41, 5.74) is 2.56. The van der Waals surface area contributed by atoms with Crippen molar-refractivity contribution in [1.29, 1.82) is 0 Å². The number of hydrogen-bond acceptors (Lipinski definition) is 2. The second kappa shape index (κ2) is 7.28. The number of aliphatic hydroxyl groups excluding tert-OH is 1. The van der Waals surface area contributed by atoms with Crippen LogP contribution < -0.4 is 0 Å². The van der Waals surface area contributed by atoms with E-state index in [0.29, 0.717) is 10.8 Å². The van der Waals surface area contributed by atoms with Crippen molar-refractivity contribution in [3.63, 3.8) is 0 Å². The fourth-order valence-electron chi connectivity index (χ4n) is 9.19. The van der Waals surface area contributed by atoms with Gasteiger partial charge < -0.3 is 9.84 Å². The lowest BCUT2D eigenvalue weighted by Crippen LogP contribution is -2.56. The molecule has 164 valence electrons. The molecule has 4 aliphatic carbocycles. The summed E-state index contributed by atoms with van der Waals surface area (Å²) in [6.45, 7) is 10.7. The molecule has 4 fully saturated rings. The first-order valence-corrected chi connectivity index (χ1v) is 12.9. The Morgan fingerprint density at radius 2 is 1.86 bits per heavy atom. The zero-order valence-corrected chi connectivity index (χ0v) is 19.4. The fraction of sp³-hybridized carbons (Fsp3) is 0.926. The maximum atomic E-state index is 10.3. The highest BCUT2D eigenvalue weighted by atomic mass is 16.5. The first-order chi connectivity index (χ1) is 13.8. The average molecular weight is 401 g/mol. The Balaban J connectivity index is 1.38. The predicted octanol–water partition coefficient (Wildman–Crippen LogP) is 6.73. The van der Waals surface area contributed by atoms with Gasteiger partial charge in [-0.05, 0) is 118 Å². The molecule has 0 saturated heterocycles. The number of hydrogen-bond donors (Lipinski definition) is 1. The minimum absolute atomic E-state index is 0.0285. The number of fused-ring (bicyclic) bond motifs is 4. The van der Waals surface area contributed by atoms with Gasteiger partial charge in [0, 0.05) is 11.8 Å². The molecule has 2 heteroatoms. The summed E-state index contributed by atoms with van der Waals surface area (Å²) in [6, 6.07) is 0.